The van der Waals surface area contributed by atoms with Crippen molar-refractivity contribution in [1.29, 1.82) is 0 Å². The van der Waals surface area contributed by atoms with Crippen LogP contribution in [0.3, 0.4) is 0 Å². The van der Waals surface area contributed by atoms with E-state index in [1.54, 1.807) is 6.20 Å². The number of hydrogen-bond acceptors (Lipinski definition) is 4. The van der Waals surface area contributed by atoms with Crippen molar-refractivity contribution < 1.29 is 0 Å². The largest absolute Gasteiger partial charge is 0.340 e. The summed E-state index contributed by atoms with van der Waals surface area (Å²) in [6, 6.07) is -0.210. The van der Waals surface area contributed by atoms with Crippen LogP contribution in [0.1, 0.15) is 44.4 Å². The minimum atomic E-state index is -0.340. The highest BCUT2D eigenvalue weighted by Crippen LogP contribution is 2.28. The number of nitrogens with zero attached hydrogens (tertiary/aromatic N) is 4. The Kier molecular flexibility index (Phi) is 4.33. The first kappa shape index (κ1) is 15.5. The zero-order valence-corrected chi connectivity index (χ0v) is 13.7. The van der Waals surface area contributed by atoms with Gasteiger partial charge in [-0.05, 0) is 13.3 Å². The monoisotopic (exact) mass is 335 g/mol. The molecule has 8 nitrogen and oxygen atoms in total. The van der Waals surface area contributed by atoms with Gasteiger partial charge in [0.2, 0.25) is 0 Å². The fourth-order valence-corrected chi connectivity index (χ4v) is 2.67. The minimum absolute atomic E-state index is 0.210. The van der Waals surface area contributed by atoms with Gasteiger partial charge in [0, 0.05) is 18.8 Å². The molecule has 0 aromatic carbocycles. The normalized spacial score (nSPS) is 12.7. The Labute approximate surface area is 137 Å². The van der Waals surface area contributed by atoms with Crippen molar-refractivity contribution in [3.8, 4) is 11.5 Å². The van der Waals surface area contributed by atoms with Gasteiger partial charge in [-0.15, -0.1) is 0 Å². The molecular weight excluding hydrogens is 318 g/mol. The predicted molar refractivity (Wildman–Crippen MR) is 86.5 cm³/mol. The Hall–Kier alpha value is -2.35. The molecule has 0 bridgehead atoms. The quantitative estimate of drug-likeness (QED) is 0.642. The van der Waals surface area contributed by atoms with Crippen LogP contribution in [0.2, 0.25) is 5.15 Å². The summed E-state index contributed by atoms with van der Waals surface area (Å²) in [5, 5.41) is 6.80. The van der Waals surface area contributed by atoms with E-state index >= 15 is 0 Å². The van der Waals surface area contributed by atoms with Crippen molar-refractivity contribution in [3.63, 3.8) is 0 Å². The van der Waals surface area contributed by atoms with E-state index < -0.39 is 0 Å². The summed E-state index contributed by atoms with van der Waals surface area (Å²) in [4.78, 5) is 25.9. The van der Waals surface area contributed by atoms with E-state index in [1.165, 1.54) is 0 Å². The molecule has 23 heavy (non-hydrogen) atoms. The van der Waals surface area contributed by atoms with Crippen molar-refractivity contribution in [2.75, 3.05) is 0 Å². The van der Waals surface area contributed by atoms with Crippen LogP contribution in [0.5, 0.6) is 0 Å². The molecule has 0 radical (unpaired) electrons. The second-order valence-corrected chi connectivity index (χ2v) is 5.72. The third-order valence-electron chi connectivity index (χ3n) is 3.69. The van der Waals surface area contributed by atoms with E-state index in [2.05, 4.69) is 37.1 Å². The van der Waals surface area contributed by atoms with Crippen LogP contribution < -0.4 is 5.69 Å². The number of aryl methyl sites for hydroxylation is 1. The van der Waals surface area contributed by atoms with Crippen LogP contribution >= 0.6 is 11.6 Å². The molecule has 0 fully saturated rings. The molecule has 0 amide bonds. The van der Waals surface area contributed by atoms with Crippen LogP contribution in [0, 0.1) is 0 Å². The van der Waals surface area contributed by atoms with E-state index in [4.69, 9.17) is 11.6 Å². The lowest BCUT2D eigenvalue weighted by molar-refractivity contribution is 0.606. The topological polar surface area (TPSA) is 108 Å². The molecule has 3 rings (SSSR count). The Morgan fingerprint density at radius 1 is 1.39 bits per heavy atom. The van der Waals surface area contributed by atoms with Crippen molar-refractivity contribution in [1.82, 2.24) is 34.7 Å². The highest BCUT2D eigenvalue weighted by molar-refractivity contribution is 6.31. The third kappa shape index (κ3) is 3.07. The standard InChI is InChI=1S/C14H18ClN7O/c1-3-4-5-9-17-10(11(15)18-9)13-16-6-7-22(13)8(2)12-19-14(23)21-20-12/h6-8H,3-5H2,1-2H3,(H,17,18)(H2,19,20,21,23)/t8-/m0/s1. The van der Waals surface area contributed by atoms with Crippen LogP contribution in [0.25, 0.3) is 11.5 Å². The number of aromatic nitrogens is 7. The molecule has 122 valence electrons. The van der Waals surface area contributed by atoms with Gasteiger partial charge in [0.25, 0.3) is 0 Å². The first-order chi connectivity index (χ1) is 11.1. The highest BCUT2D eigenvalue weighted by Gasteiger charge is 2.20. The summed E-state index contributed by atoms with van der Waals surface area (Å²) in [5.74, 6) is 2.00. The molecule has 0 aliphatic heterocycles. The number of imidazole rings is 2. The average molecular weight is 336 g/mol. The van der Waals surface area contributed by atoms with Gasteiger partial charge in [-0.25, -0.2) is 19.9 Å². The maximum atomic E-state index is 11.2. The number of hydrogen-bond donors (Lipinski definition) is 3. The summed E-state index contributed by atoms with van der Waals surface area (Å²) in [5.41, 5.74) is 0.265. The van der Waals surface area contributed by atoms with Crippen LogP contribution in [-0.4, -0.2) is 34.7 Å². The Morgan fingerprint density at radius 2 is 2.22 bits per heavy atom. The third-order valence-corrected chi connectivity index (χ3v) is 3.96. The molecule has 0 aliphatic rings. The summed E-state index contributed by atoms with van der Waals surface area (Å²) >= 11 is 6.29. The molecule has 3 aromatic rings. The maximum absolute atomic E-state index is 11.2. The molecule has 3 aromatic heterocycles. The van der Waals surface area contributed by atoms with Crippen molar-refractivity contribution in [2.45, 2.75) is 39.2 Å². The summed E-state index contributed by atoms with van der Waals surface area (Å²) in [6.07, 6.45) is 6.46. The summed E-state index contributed by atoms with van der Waals surface area (Å²) in [7, 11) is 0. The van der Waals surface area contributed by atoms with Gasteiger partial charge in [0.15, 0.2) is 11.6 Å². The molecule has 0 spiro atoms. The highest BCUT2D eigenvalue weighted by atomic mass is 35.5. The number of nitrogens with one attached hydrogen (secondary N) is 3. The van der Waals surface area contributed by atoms with Gasteiger partial charge in [-0.1, -0.05) is 24.9 Å². The van der Waals surface area contributed by atoms with E-state index in [0.717, 1.165) is 25.1 Å². The van der Waals surface area contributed by atoms with Gasteiger partial charge in [0.1, 0.15) is 16.7 Å². The van der Waals surface area contributed by atoms with Crippen molar-refractivity contribution in [3.05, 3.63) is 39.7 Å². The molecule has 0 saturated carbocycles. The molecule has 0 unspecified atom stereocenters. The van der Waals surface area contributed by atoms with Gasteiger partial charge >= 0.3 is 5.69 Å². The molecule has 0 aliphatic carbocycles. The number of H-pyrrole nitrogens is 3. The second-order valence-electron chi connectivity index (χ2n) is 5.35. The Bertz CT molecular complexity index is 843. The molecule has 3 heterocycles. The SMILES string of the molecule is CCCCc1nc(-c2nccn2[C@@H](C)c2n[nH]c(=O)[nH]2)c(Cl)[nH]1. The van der Waals surface area contributed by atoms with Crippen molar-refractivity contribution >= 4 is 11.6 Å². The lowest BCUT2D eigenvalue weighted by Gasteiger charge is -2.12. The smallest absolute Gasteiger partial charge is 0.332 e. The second kappa shape index (κ2) is 6.41. The molecular formula is C14H18ClN7O. The van der Waals surface area contributed by atoms with Gasteiger partial charge in [-0.2, -0.15) is 5.10 Å². The van der Waals surface area contributed by atoms with E-state index in [9.17, 15) is 4.79 Å². The number of aromatic amines is 3. The van der Waals surface area contributed by atoms with Crippen LogP contribution in [0.4, 0.5) is 0 Å². The van der Waals surface area contributed by atoms with E-state index in [0.29, 0.717) is 22.5 Å². The Morgan fingerprint density at radius 3 is 2.91 bits per heavy atom. The first-order valence-corrected chi connectivity index (χ1v) is 7.90. The van der Waals surface area contributed by atoms with E-state index in [-0.39, 0.29) is 11.7 Å². The Balaban J connectivity index is 1.94. The lowest BCUT2D eigenvalue weighted by atomic mass is 10.2. The summed E-state index contributed by atoms with van der Waals surface area (Å²) < 4.78 is 1.87. The lowest BCUT2D eigenvalue weighted by Crippen LogP contribution is -2.11. The maximum Gasteiger partial charge on any atom is 0.340 e. The molecule has 1 atom stereocenters. The molecule has 0 saturated heterocycles. The first-order valence-electron chi connectivity index (χ1n) is 7.52. The van der Waals surface area contributed by atoms with E-state index in [1.807, 2.05) is 17.7 Å². The molecule has 3 N–H and O–H groups in total. The average Bonchev–Trinajstić information content (AvgIpc) is 3.23. The zero-order valence-electron chi connectivity index (χ0n) is 12.9. The van der Waals surface area contributed by atoms with Crippen LogP contribution in [0.15, 0.2) is 17.2 Å². The zero-order chi connectivity index (χ0) is 16.4. The van der Waals surface area contributed by atoms with Crippen LogP contribution in [-0.2, 0) is 6.42 Å². The fraction of sp³-hybridized carbons (Fsp3) is 0.429. The summed E-state index contributed by atoms with van der Waals surface area (Å²) in [6.45, 7) is 4.04. The van der Waals surface area contributed by atoms with Gasteiger partial charge in [-0.3, -0.25) is 4.98 Å². The van der Waals surface area contributed by atoms with Crippen molar-refractivity contribution in [2.24, 2.45) is 0 Å². The number of unbranched alkanes of at least 4 members (excludes halogenated alkanes) is 1. The predicted octanol–water partition coefficient (Wildman–Crippen LogP) is 2.29. The fourth-order valence-electron chi connectivity index (χ4n) is 2.43. The van der Waals surface area contributed by atoms with Gasteiger partial charge in [0.05, 0.1) is 6.04 Å². The molecule has 9 heteroatoms. The number of halogens is 1. The minimum Gasteiger partial charge on any atom is -0.332 e. The van der Waals surface area contributed by atoms with Gasteiger partial charge < -0.3 is 9.55 Å². The number of rotatable bonds is 6.